The maximum Gasteiger partial charge on any atom is 0.337 e. The Bertz CT molecular complexity index is 470. The molecule has 0 saturated carbocycles. The van der Waals surface area contributed by atoms with E-state index in [4.69, 9.17) is 9.94 Å². The normalized spacial score (nSPS) is 21.8. The molecule has 96 valence electrons. The summed E-state index contributed by atoms with van der Waals surface area (Å²) in [5, 5.41) is 12.0. The summed E-state index contributed by atoms with van der Waals surface area (Å²) < 4.78 is 10.3. The monoisotopic (exact) mass is 249 g/mol. The molecule has 1 atom stereocenters. The third-order valence-corrected chi connectivity index (χ3v) is 2.95. The number of esters is 1. The van der Waals surface area contributed by atoms with Crippen LogP contribution in [0.1, 0.15) is 34.9 Å². The molecule has 1 aliphatic heterocycles. The van der Waals surface area contributed by atoms with E-state index in [1.807, 2.05) is 6.07 Å². The topological polar surface area (TPSA) is 68.1 Å². The molecule has 1 N–H and O–H groups in total. The number of methoxy groups -OCH3 is 1. The summed E-state index contributed by atoms with van der Waals surface area (Å²) in [5.74, 6) is -0.372. The molecular formula is C13H15NO4. The summed E-state index contributed by atoms with van der Waals surface area (Å²) in [6, 6.07) is 7.11. The fourth-order valence-electron chi connectivity index (χ4n) is 1.98. The van der Waals surface area contributed by atoms with Crippen LogP contribution in [0.3, 0.4) is 0 Å². The quantitative estimate of drug-likeness (QED) is 0.495. The number of hydrogen-bond acceptors (Lipinski definition) is 5. The SMILES string of the molecule is COC(=O)c1cccc([C@@H]2C/C(=N\O)CCO2)c1. The smallest absolute Gasteiger partial charge is 0.337 e. The molecule has 1 heterocycles. The van der Waals surface area contributed by atoms with Crippen molar-refractivity contribution in [2.75, 3.05) is 13.7 Å². The van der Waals surface area contributed by atoms with Gasteiger partial charge in [0.2, 0.25) is 0 Å². The zero-order chi connectivity index (χ0) is 13.0. The minimum atomic E-state index is -0.372. The Labute approximate surface area is 105 Å². The zero-order valence-electron chi connectivity index (χ0n) is 10.1. The van der Waals surface area contributed by atoms with Crippen LogP contribution in [0.4, 0.5) is 0 Å². The van der Waals surface area contributed by atoms with E-state index in [-0.39, 0.29) is 12.1 Å². The van der Waals surface area contributed by atoms with Crippen LogP contribution in [0.25, 0.3) is 0 Å². The van der Waals surface area contributed by atoms with Crippen LogP contribution in [0.15, 0.2) is 29.4 Å². The largest absolute Gasteiger partial charge is 0.465 e. The molecule has 2 rings (SSSR count). The highest BCUT2D eigenvalue weighted by Crippen LogP contribution is 2.27. The summed E-state index contributed by atoms with van der Waals surface area (Å²) in [6.07, 6.45) is 1.01. The lowest BCUT2D eigenvalue weighted by Gasteiger charge is -2.23. The molecule has 0 aliphatic carbocycles. The van der Waals surface area contributed by atoms with Gasteiger partial charge in [-0.25, -0.2) is 4.79 Å². The van der Waals surface area contributed by atoms with E-state index in [1.54, 1.807) is 18.2 Å². The van der Waals surface area contributed by atoms with Gasteiger partial charge >= 0.3 is 5.97 Å². The molecule has 0 radical (unpaired) electrons. The molecule has 1 aromatic carbocycles. The van der Waals surface area contributed by atoms with Crippen LogP contribution in [0.5, 0.6) is 0 Å². The highest BCUT2D eigenvalue weighted by Gasteiger charge is 2.21. The lowest BCUT2D eigenvalue weighted by Crippen LogP contribution is -2.20. The van der Waals surface area contributed by atoms with Gasteiger partial charge in [0, 0.05) is 12.8 Å². The average molecular weight is 249 g/mol. The first-order valence-electron chi connectivity index (χ1n) is 5.74. The summed E-state index contributed by atoms with van der Waals surface area (Å²) in [4.78, 5) is 11.4. The summed E-state index contributed by atoms with van der Waals surface area (Å²) in [6.45, 7) is 0.520. The minimum Gasteiger partial charge on any atom is -0.465 e. The number of carbonyl (C=O) groups excluding carboxylic acids is 1. The molecule has 1 aliphatic rings. The number of rotatable bonds is 2. The van der Waals surface area contributed by atoms with Crippen LogP contribution in [-0.2, 0) is 9.47 Å². The van der Waals surface area contributed by atoms with Gasteiger partial charge in [0.05, 0.1) is 31.1 Å². The minimum absolute atomic E-state index is 0.172. The Morgan fingerprint density at radius 2 is 2.39 bits per heavy atom. The Kier molecular flexibility index (Phi) is 3.94. The predicted molar refractivity (Wildman–Crippen MR) is 64.9 cm³/mol. The van der Waals surface area contributed by atoms with Crippen molar-refractivity contribution in [3.63, 3.8) is 0 Å². The van der Waals surface area contributed by atoms with Gasteiger partial charge in [0.1, 0.15) is 0 Å². The predicted octanol–water partition coefficient (Wildman–Crippen LogP) is 2.15. The van der Waals surface area contributed by atoms with Crippen molar-refractivity contribution in [3.8, 4) is 0 Å². The van der Waals surface area contributed by atoms with Crippen LogP contribution in [0, 0.1) is 0 Å². The van der Waals surface area contributed by atoms with Crippen molar-refractivity contribution in [1.29, 1.82) is 0 Å². The van der Waals surface area contributed by atoms with Crippen LogP contribution in [-0.4, -0.2) is 30.6 Å². The third kappa shape index (κ3) is 2.68. The first-order valence-corrected chi connectivity index (χ1v) is 5.74. The van der Waals surface area contributed by atoms with E-state index >= 15 is 0 Å². The Morgan fingerprint density at radius 3 is 3.11 bits per heavy atom. The van der Waals surface area contributed by atoms with Crippen molar-refractivity contribution in [1.82, 2.24) is 0 Å². The summed E-state index contributed by atoms with van der Waals surface area (Å²) >= 11 is 0. The standard InChI is InChI=1S/C13H15NO4/c1-17-13(15)10-4-2-3-9(7-10)12-8-11(14-16)5-6-18-12/h2-4,7,12,16H,5-6,8H2,1H3/b14-11-/t12-/m0/s1. The van der Waals surface area contributed by atoms with Gasteiger partial charge in [-0.15, -0.1) is 0 Å². The first-order chi connectivity index (χ1) is 8.74. The molecule has 0 aromatic heterocycles. The fraction of sp³-hybridized carbons (Fsp3) is 0.385. The maximum atomic E-state index is 11.4. The Morgan fingerprint density at radius 1 is 1.56 bits per heavy atom. The zero-order valence-corrected chi connectivity index (χ0v) is 10.1. The van der Waals surface area contributed by atoms with Crippen molar-refractivity contribution >= 4 is 11.7 Å². The molecule has 0 spiro atoms. The van der Waals surface area contributed by atoms with E-state index in [9.17, 15) is 4.79 Å². The van der Waals surface area contributed by atoms with Gasteiger partial charge in [0.25, 0.3) is 0 Å². The highest BCUT2D eigenvalue weighted by molar-refractivity contribution is 5.89. The second-order valence-corrected chi connectivity index (χ2v) is 4.10. The summed E-state index contributed by atoms with van der Waals surface area (Å²) in [5.41, 5.74) is 2.10. The number of carbonyl (C=O) groups is 1. The van der Waals surface area contributed by atoms with Crippen molar-refractivity contribution in [2.45, 2.75) is 18.9 Å². The Balaban J connectivity index is 2.20. The number of nitrogens with zero attached hydrogens (tertiary/aromatic N) is 1. The molecule has 0 amide bonds. The molecule has 1 fully saturated rings. The first kappa shape index (κ1) is 12.6. The fourth-order valence-corrected chi connectivity index (χ4v) is 1.98. The summed E-state index contributed by atoms with van der Waals surface area (Å²) in [7, 11) is 1.35. The van der Waals surface area contributed by atoms with Gasteiger partial charge in [-0.3, -0.25) is 0 Å². The van der Waals surface area contributed by atoms with E-state index in [2.05, 4.69) is 9.89 Å². The van der Waals surface area contributed by atoms with Gasteiger partial charge in [0.15, 0.2) is 0 Å². The average Bonchev–Trinajstić information content (AvgIpc) is 2.46. The van der Waals surface area contributed by atoms with E-state index < -0.39 is 0 Å². The number of oxime groups is 1. The molecule has 5 heteroatoms. The number of ether oxygens (including phenoxy) is 2. The van der Waals surface area contributed by atoms with Crippen LogP contribution in [0.2, 0.25) is 0 Å². The third-order valence-electron chi connectivity index (χ3n) is 2.95. The Hall–Kier alpha value is -1.88. The molecule has 0 unspecified atom stereocenters. The van der Waals surface area contributed by atoms with Crippen LogP contribution < -0.4 is 0 Å². The molecule has 1 saturated heterocycles. The van der Waals surface area contributed by atoms with Crippen molar-refractivity contribution < 1.29 is 19.5 Å². The van der Waals surface area contributed by atoms with E-state index in [0.29, 0.717) is 25.0 Å². The van der Waals surface area contributed by atoms with Gasteiger partial charge in [-0.05, 0) is 17.7 Å². The van der Waals surface area contributed by atoms with Gasteiger partial charge in [-0.1, -0.05) is 17.3 Å². The van der Waals surface area contributed by atoms with Gasteiger partial charge in [-0.2, -0.15) is 0 Å². The molecule has 18 heavy (non-hydrogen) atoms. The van der Waals surface area contributed by atoms with E-state index in [0.717, 1.165) is 11.3 Å². The molecule has 1 aromatic rings. The lowest BCUT2D eigenvalue weighted by molar-refractivity contribution is 0.0478. The van der Waals surface area contributed by atoms with Crippen LogP contribution >= 0.6 is 0 Å². The number of benzene rings is 1. The van der Waals surface area contributed by atoms with Crippen molar-refractivity contribution in [3.05, 3.63) is 35.4 Å². The molecular weight excluding hydrogens is 234 g/mol. The highest BCUT2D eigenvalue weighted by atomic mass is 16.5. The van der Waals surface area contributed by atoms with E-state index in [1.165, 1.54) is 7.11 Å². The number of hydrogen-bond donors (Lipinski definition) is 1. The molecule has 5 nitrogen and oxygen atoms in total. The lowest BCUT2D eigenvalue weighted by atomic mass is 9.98. The molecule has 0 bridgehead atoms. The van der Waals surface area contributed by atoms with Crippen molar-refractivity contribution in [2.24, 2.45) is 5.16 Å². The maximum absolute atomic E-state index is 11.4. The van der Waals surface area contributed by atoms with Gasteiger partial charge < -0.3 is 14.7 Å². The second-order valence-electron chi connectivity index (χ2n) is 4.10. The second kappa shape index (κ2) is 5.64.